The van der Waals surface area contributed by atoms with Crippen molar-refractivity contribution < 1.29 is 19.1 Å². The molecule has 0 unspecified atom stereocenters. The standard InChI is InChI=1S/C27H22N2O4/c1-32-26(30)19-16-23(28-14-8-6-12-21(19)28)25(18-10-4-3-5-11-18)24-17-20(27(31)33-2)22-13-7-9-15-29(22)24/h3-17,25H,1-2H3. The van der Waals surface area contributed by atoms with E-state index in [0.29, 0.717) is 11.1 Å². The molecule has 0 bridgehead atoms. The highest BCUT2D eigenvalue weighted by molar-refractivity contribution is 5.99. The largest absolute Gasteiger partial charge is 0.465 e. The number of hydrogen-bond acceptors (Lipinski definition) is 4. The van der Waals surface area contributed by atoms with Crippen molar-refractivity contribution in [2.75, 3.05) is 14.2 Å². The van der Waals surface area contributed by atoms with Gasteiger partial charge >= 0.3 is 11.9 Å². The van der Waals surface area contributed by atoms with Crippen LogP contribution in [0.3, 0.4) is 0 Å². The molecule has 164 valence electrons. The number of esters is 2. The first-order valence-electron chi connectivity index (χ1n) is 10.6. The van der Waals surface area contributed by atoms with Gasteiger partial charge in [-0.1, -0.05) is 42.5 Å². The quantitative estimate of drug-likeness (QED) is 0.365. The van der Waals surface area contributed by atoms with E-state index >= 15 is 0 Å². The summed E-state index contributed by atoms with van der Waals surface area (Å²) in [7, 11) is 2.76. The molecule has 5 aromatic rings. The number of hydrogen-bond donors (Lipinski definition) is 0. The Balaban J connectivity index is 1.85. The Morgan fingerprint density at radius 3 is 1.58 bits per heavy atom. The van der Waals surface area contributed by atoms with Crippen molar-refractivity contribution in [2.45, 2.75) is 5.92 Å². The van der Waals surface area contributed by atoms with Crippen LogP contribution in [0, 0.1) is 0 Å². The average Bonchev–Trinajstić information content (AvgIpc) is 3.44. The fourth-order valence-electron chi connectivity index (χ4n) is 4.49. The van der Waals surface area contributed by atoms with Gasteiger partial charge in [-0.3, -0.25) is 0 Å². The number of carbonyl (C=O) groups is 2. The van der Waals surface area contributed by atoms with Crippen LogP contribution >= 0.6 is 0 Å². The van der Waals surface area contributed by atoms with Crippen molar-refractivity contribution in [1.82, 2.24) is 8.80 Å². The summed E-state index contributed by atoms with van der Waals surface area (Å²) in [6.07, 6.45) is 3.87. The van der Waals surface area contributed by atoms with Crippen LogP contribution in [0.4, 0.5) is 0 Å². The summed E-state index contributed by atoms with van der Waals surface area (Å²) in [4.78, 5) is 25.2. The minimum atomic E-state index is -0.396. The summed E-state index contributed by atoms with van der Waals surface area (Å²) >= 11 is 0. The van der Waals surface area contributed by atoms with Crippen LogP contribution in [-0.2, 0) is 9.47 Å². The molecule has 0 aliphatic heterocycles. The summed E-state index contributed by atoms with van der Waals surface area (Å²) in [5.74, 6) is -1.06. The Morgan fingerprint density at radius 2 is 1.12 bits per heavy atom. The molecule has 0 fully saturated rings. The molecule has 4 heterocycles. The number of fused-ring (bicyclic) bond motifs is 2. The van der Waals surface area contributed by atoms with E-state index in [0.717, 1.165) is 28.0 Å². The highest BCUT2D eigenvalue weighted by atomic mass is 16.5. The molecule has 0 saturated heterocycles. The number of nitrogens with zero attached hydrogens (tertiary/aromatic N) is 2. The lowest BCUT2D eigenvalue weighted by molar-refractivity contribution is 0.0594. The first kappa shape index (κ1) is 20.6. The van der Waals surface area contributed by atoms with Crippen molar-refractivity contribution in [3.8, 4) is 0 Å². The number of ether oxygens (including phenoxy) is 2. The van der Waals surface area contributed by atoms with Crippen LogP contribution in [0.1, 0.15) is 43.6 Å². The fourth-order valence-corrected chi connectivity index (χ4v) is 4.49. The van der Waals surface area contributed by atoms with E-state index < -0.39 is 11.9 Å². The van der Waals surface area contributed by atoms with Crippen molar-refractivity contribution in [2.24, 2.45) is 0 Å². The van der Waals surface area contributed by atoms with E-state index in [1.807, 2.05) is 100 Å². The summed E-state index contributed by atoms with van der Waals surface area (Å²) in [6.45, 7) is 0. The predicted molar refractivity (Wildman–Crippen MR) is 125 cm³/mol. The van der Waals surface area contributed by atoms with E-state index in [1.165, 1.54) is 14.2 Å². The molecule has 0 atom stereocenters. The lowest BCUT2D eigenvalue weighted by atomic mass is 9.92. The monoisotopic (exact) mass is 438 g/mol. The van der Waals surface area contributed by atoms with Gasteiger partial charge in [-0.2, -0.15) is 0 Å². The average molecular weight is 438 g/mol. The summed E-state index contributed by atoms with van der Waals surface area (Å²) in [6, 6.07) is 25.2. The highest BCUT2D eigenvalue weighted by Crippen LogP contribution is 2.37. The molecule has 0 aliphatic carbocycles. The van der Waals surface area contributed by atoms with E-state index in [9.17, 15) is 9.59 Å². The molecule has 0 radical (unpaired) electrons. The third-order valence-corrected chi connectivity index (χ3v) is 5.95. The first-order valence-corrected chi connectivity index (χ1v) is 10.6. The Bertz CT molecular complexity index is 1390. The number of rotatable bonds is 5. The molecule has 33 heavy (non-hydrogen) atoms. The second kappa shape index (κ2) is 8.31. The predicted octanol–water partition coefficient (Wildman–Crippen LogP) is 4.95. The SMILES string of the molecule is COC(=O)c1cc(C(c2ccccc2)c2cc(C(=O)OC)c3ccccn23)n2ccccc12. The Labute approximate surface area is 190 Å². The third-order valence-electron chi connectivity index (χ3n) is 5.95. The molecule has 6 heteroatoms. The molecular weight excluding hydrogens is 416 g/mol. The van der Waals surface area contributed by atoms with Gasteiger partial charge in [-0.15, -0.1) is 0 Å². The summed E-state index contributed by atoms with van der Waals surface area (Å²) in [5.41, 5.74) is 5.29. The lowest BCUT2D eigenvalue weighted by Crippen LogP contribution is -2.09. The van der Waals surface area contributed by atoms with E-state index in [1.54, 1.807) is 0 Å². The topological polar surface area (TPSA) is 61.4 Å². The lowest BCUT2D eigenvalue weighted by Gasteiger charge is -2.19. The van der Waals surface area contributed by atoms with Crippen molar-refractivity contribution >= 4 is 23.0 Å². The molecule has 0 spiro atoms. The third kappa shape index (κ3) is 3.36. The smallest absolute Gasteiger partial charge is 0.340 e. The maximum absolute atomic E-state index is 12.6. The van der Waals surface area contributed by atoms with E-state index in [4.69, 9.17) is 9.47 Å². The maximum Gasteiger partial charge on any atom is 0.340 e. The van der Waals surface area contributed by atoms with Crippen LogP contribution in [0.5, 0.6) is 0 Å². The van der Waals surface area contributed by atoms with Gasteiger partial charge in [0.1, 0.15) is 0 Å². The zero-order valence-corrected chi connectivity index (χ0v) is 18.3. The molecule has 4 aromatic heterocycles. The second-order valence-electron chi connectivity index (χ2n) is 7.70. The highest BCUT2D eigenvalue weighted by Gasteiger charge is 2.28. The number of pyridine rings is 2. The maximum atomic E-state index is 12.6. The van der Waals surface area contributed by atoms with Gasteiger partial charge in [0.2, 0.25) is 0 Å². The molecule has 0 saturated carbocycles. The van der Waals surface area contributed by atoms with Gasteiger partial charge in [-0.25, -0.2) is 9.59 Å². The Morgan fingerprint density at radius 1 is 0.667 bits per heavy atom. The fraction of sp³-hybridized carbons (Fsp3) is 0.111. The van der Waals surface area contributed by atoms with Crippen LogP contribution in [0.15, 0.2) is 91.3 Å². The van der Waals surface area contributed by atoms with Gasteiger partial charge in [-0.05, 0) is 42.0 Å². The summed E-state index contributed by atoms with van der Waals surface area (Å²) in [5, 5.41) is 0. The zero-order valence-electron chi connectivity index (χ0n) is 18.3. The minimum Gasteiger partial charge on any atom is -0.465 e. The number of carbonyl (C=O) groups excluding carboxylic acids is 2. The Hall–Kier alpha value is -4.32. The van der Waals surface area contributed by atoms with Gasteiger partial charge < -0.3 is 18.3 Å². The molecule has 1 aromatic carbocycles. The normalized spacial score (nSPS) is 11.2. The molecular formula is C27H22N2O4. The van der Waals surface area contributed by atoms with Crippen LogP contribution < -0.4 is 0 Å². The van der Waals surface area contributed by atoms with Gasteiger partial charge in [0, 0.05) is 23.8 Å². The molecule has 5 rings (SSSR count). The summed E-state index contributed by atoms with van der Waals surface area (Å²) < 4.78 is 14.1. The van der Waals surface area contributed by atoms with E-state index in [2.05, 4.69) is 0 Å². The molecule has 6 nitrogen and oxygen atoms in total. The Kier molecular flexibility index (Phi) is 5.18. The minimum absolute atomic E-state index is 0.271. The zero-order chi connectivity index (χ0) is 22.9. The van der Waals surface area contributed by atoms with Crippen LogP contribution in [-0.4, -0.2) is 35.0 Å². The number of benzene rings is 1. The van der Waals surface area contributed by atoms with Crippen LogP contribution in [0.2, 0.25) is 0 Å². The first-order chi connectivity index (χ1) is 16.1. The molecule has 0 aliphatic rings. The van der Waals surface area contributed by atoms with Crippen molar-refractivity contribution in [1.29, 1.82) is 0 Å². The number of methoxy groups -OCH3 is 2. The molecule has 0 N–H and O–H groups in total. The van der Waals surface area contributed by atoms with Gasteiger partial charge in [0.25, 0.3) is 0 Å². The van der Waals surface area contributed by atoms with Gasteiger partial charge in [0.05, 0.1) is 42.3 Å². The van der Waals surface area contributed by atoms with Crippen LogP contribution in [0.25, 0.3) is 11.0 Å². The second-order valence-corrected chi connectivity index (χ2v) is 7.70. The molecule has 0 amide bonds. The van der Waals surface area contributed by atoms with Gasteiger partial charge in [0.15, 0.2) is 0 Å². The van der Waals surface area contributed by atoms with E-state index in [-0.39, 0.29) is 5.92 Å². The number of aromatic nitrogens is 2. The van der Waals surface area contributed by atoms with Crippen molar-refractivity contribution in [3.05, 3.63) is 119 Å². The van der Waals surface area contributed by atoms with Crippen molar-refractivity contribution in [3.63, 3.8) is 0 Å².